The van der Waals surface area contributed by atoms with Gasteiger partial charge in [-0.3, -0.25) is 10.1 Å². The van der Waals surface area contributed by atoms with Crippen molar-refractivity contribution in [2.24, 2.45) is 0 Å². The lowest BCUT2D eigenvalue weighted by Gasteiger charge is -2.11. The van der Waals surface area contributed by atoms with Crippen LogP contribution in [0.25, 0.3) is 11.3 Å². The summed E-state index contributed by atoms with van der Waals surface area (Å²) in [5.41, 5.74) is 2.34. The zero-order valence-electron chi connectivity index (χ0n) is 14.3. The zero-order chi connectivity index (χ0) is 18.5. The Balaban J connectivity index is 1.97. The molecule has 1 heterocycles. The average Bonchev–Trinajstić information content (AvgIpc) is 2.62. The molecule has 2 aromatic carbocycles. The van der Waals surface area contributed by atoms with Gasteiger partial charge in [0.1, 0.15) is 11.6 Å². The number of nitrogens with one attached hydrogen (secondary N) is 2. The Morgan fingerprint density at radius 1 is 1.08 bits per heavy atom. The second-order valence-electron chi connectivity index (χ2n) is 5.48. The molecule has 26 heavy (non-hydrogen) atoms. The molecular weight excluding hydrogens is 352 g/mol. The fourth-order valence-electron chi connectivity index (χ4n) is 2.37. The largest absolute Gasteiger partial charge is 0.495 e. The van der Waals surface area contributed by atoms with E-state index in [1.165, 1.54) is 6.92 Å². The van der Waals surface area contributed by atoms with E-state index >= 15 is 0 Å². The maximum absolute atomic E-state index is 11.4. The standard InChI is InChI=1S/C19H17ClN4O2/c1-12(25)21-19-23-16(13-6-4-3-5-7-13)11-18(24-19)22-14-8-9-17(26-2)15(20)10-14/h3-11H,1-2H3,(H2,21,22,23,24,25). The van der Waals surface area contributed by atoms with Gasteiger partial charge in [-0.2, -0.15) is 4.98 Å². The summed E-state index contributed by atoms with van der Waals surface area (Å²) in [5.74, 6) is 1.10. The number of methoxy groups -OCH3 is 1. The minimum absolute atomic E-state index is 0.223. The van der Waals surface area contributed by atoms with Crippen molar-refractivity contribution in [3.05, 3.63) is 59.6 Å². The first-order chi connectivity index (χ1) is 12.5. The maximum Gasteiger partial charge on any atom is 0.231 e. The van der Waals surface area contributed by atoms with E-state index in [0.29, 0.717) is 22.3 Å². The van der Waals surface area contributed by atoms with Crippen LogP contribution in [0.1, 0.15) is 6.92 Å². The van der Waals surface area contributed by atoms with E-state index in [1.54, 1.807) is 25.3 Å². The highest BCUT2D eigenvalue weighted by molar-refractivity contribution is 6.32. The van der Waals surface area contributed by atoms with Crippen molar-refractivity contribution in [3.8, 4) is 17.0 Å². The number of benzene rings is 2. The minimum Gasteiger partial charge on any atom is -0.495 e. The number of nitrogens with zero attached hydrogens (tertiary/aromatic N) is 2. The highest BCUT2D eigenvalue weighted by Crippen LogP contribution is 2.29. The third-order valence-electron chi connectivity index (χ3n) is 3.51. The predicted octanol–water partition coefficient (Wildman–Crippen LogP) is 4.51. The molecule has 3 aromatic rings. The first-order valence-corrected chi connectivity index (χ1v) is 8.25. The zero-order valence-corrected chi connectivity index (χ0v) is 15.0. The fourth-order valence-corrected chi connectivity index (χ4v) is 2.63. The summed E-state index contributed by atoms with van der Waals surface area (Å²) < 4.78 is 5.16. The third kappa shape index (κ3) is 4.29. The Kier molecular flexibility index (Phi) is 5.34. The van der Waals surface area contributed by atoms with Crippen molar-refractivity contribution < 1.29 is 9.53 Å². The Morgan fingerprint density at radius 3 is 2.50 bits per heavy atom. The molecule has 0 aliphatic carbocycles. The van der Waals surface area contributed by atoms with Crippen LogP contribution in [-0.2, 0) is 4.79 Å². The van der Waals surface area contributed by atoms with Crippen molar-refractivity contribution in [2.45, 2.75) is 6.92 Å². The molecule has 0 fully saturated rings. The Bertz CT molecular complexity index is 932. The molecule has 0 bridgehead atoms. The molecule has 0 saturated heterocycles. The number of halogens is 1. The number of carbonyl (C=O) groups is 1. The van der Waals surface area contributed by atoms with E-state index in [9.17, 15) is 4.79 Å². The summed E-state index contributed by atoms with van der Waals surface area (Å²) in [6.45, 7) is 1.41. The van der Waals surface area contributed by atoms with Gasteiger partial charge in [0.25, 0.3) is 0 Å². The van der Waals surface area contributed by atoms with Crippen LogP contribution in [-0.4, -0.2) is 23.0 Å². The molecule has 1 amide bonds. The molecule has 2 N–H and O–H groups in total. The van der Waals surface area contributed by atoms with E-state index in [-0.39, 0.29) is 11.9 Å². The molecule has 1 aromatic heterocycles. The molecule has 0 saturated carbocycles. The number of hydrogen-bond donors (Lipinski definition) is 2. The van der Waals surface area contributed by atoms with Crippen molar-refractivity contribution in [1.82, 2.24) is 9.97 Å². The summed E-state index contributed by atoms with van der Waals surface area (Å²) in [5, 5.41) is 6.28. The van der Waals surface area contributed by atoms with Gasteiger partial charge < -0.3 is 10.1 Å². The average molecular weight is 369 g/mol. The van der Waals surface area contributed by atoms with Crippen LogP contribution in [0.3, 0.4) is 0 Å². The van der Waals surface area contributed by atoms with Gasteiger partial charge in [-0.05, 0) is 18.2 Å². The fraction of sp³-hybridized carbons (Fsp3) is 0.105. The van der Waals surface area contributed by atoms with Crippen molar-refractivity contribution in [3.63, 3.8) is 0 Å². The van der Waals surface area contributed by atoms with Gasteiger partial charge in [0.05, 0.1) is 17.8 Å². The molecule has 6 nitrogen and oxygen atoms in total. The maximum atomic E-state index is 11.4. The van der Waals surface area contributed by atoms with Crippen LogP contribution < -0.4 is 15.4 Å². The minimum atomic E-state index is -0.242. The second-order valence-corrected chi connectivity index (χ2v) is 5.89. The molecule has 3 rings (SSSR count). The SMILES string of the molecule is COc1ccc(Nc2cc(-c3ccccc3)nc(NC(C)=O)n2)cc1Cl. The van der Waals surface area contributed by atoms with Crippen LogP contribution in [0, 0.1) is 0 Å². The van der Waals surface area contributed by atoms with Gasteiger partial charge in [-0.15, -0.1) is 0 Å². The van der Waals surface area contributed by atoms with Crippen molar-refractivity contribution in [2.75, 3.05) is 17.7 Å². The van der Waals surface area contributed by atoms with Crippen molar-refractivity contribution in [1.29, 1.82) is 0 Å². The van der Waals surface area contributed by atoms with Gasteiger partial charge in [-0.25, -0.2) is 4.98 Å². The highest BCUT2D eigenvalue weighted by Gasteiger charge is 2.09. The third-order valence-corrected chi connectivity index (χ3v) is 3.80. The lowest BCUT2D eigenvalue weighted by Crippen LogP contribution is -2.10. The summed E-state index contributed by atoms with van der Waals surface area (Å²) >= 11 is 6.17. The van der Waals surface area contributed by atoms with Crippen LogP contribution in [0.15, 0.2) is 54.6 Å². The summed E-state index contributed by atoms with van der Waals surface area (Å²) in [4.78, 5) is 20.1. The quantitative estimate of drug-likeness (QED) is 0.693. The Labute approximate surface area is 156 Å². The molecule has 0 radical (unpaired) electrons. The summed E-state index contributed by atoms with van der Waals surface area (Å²) in [6, 6.07) is 16.8. The first kappa shape index (κ1) is 17.7. The second kappa shape index (κ2) is 7.84. The monoisotopic (exact) mass is 368 g/mol. The van der Waals surface area contributed by atoms with Crippen LogP contribution in [0.2, 0.25) is 5.02 Å². The van der Waals surface area contributed by atoms with E-state index in [0.717, 1.165) is 11.3 Å². The number of anilines is 3. The Hall–Kier alpha value is -3.12. The van der Waals surface area contributed by atoms with E-state index in [1.807, 2.05) is 36.4 Å². The molecule has 0 spiro atoms. The normalized spacial score (nSPS) is 10.3. The lowest BCUT2D eigenvalue weighted by molar-refractivity contribution is -0.114. The van der Waals surface area contributed by atoms with Gasteiger partial charge in [0, 0.05) is 24.2 Å². The van der Waals surface area contributed by atoms with E-state index < -0.39 is 0 Å². The van der Waals surface area contributed by atoms with E-state index in [2.05, 4.69) is 20.6 Å². The summed E-state index contributed by atoms with van der Waals surface area (Å²) in [7, 11) is 1.56. The molecule has 0 atom stereocenters. The number of rotatable bonds is 5. The van der Waals surface area contributed by atoms with Gasteiger partial charge in [-0.1, -0.05) is 41.9 Å². The van der Waals surface area contributed by atoms with Gasteiger partial charge in [0.2, 0.25) is 11.9 Å². The number of ether oxygens (including phenoxy) is 1. The molecule has 0 aliphatic rings. The molecule has 132 valence electrons. The van der Waals surface area contributed by atoms with Crippen molar-refractivity contribution >= 4 is 35.0 Å². The van der Waals surface area contributed by atoms with Gasteiger partial charge in [0.15, 0.2) is 0 Å². The number of carbonyl (C=O) groups excluding carboxylic acids is 1. The first-order valence-electron chi connectivity index (χ1n) is 7.88. The topological polar surface area (TPSA) is 76.1 Å². The molecule has 7 heteroatoms. The van der Waals surface area contributed by atoms with Crippen LogP contribution >= 0.6 is 11.6 Å². The molecule has 0 aliphatic heterocycles. The molecule has 0 unspecified atom stereocenters. The highest BCUT2D eigenvalue weighted by atomic mass is 35.5. The number of amides is 1. The van der Waals surface area contributed by atoms with Gasteiger partial charge >= 0.3 is 0 Å². The predicted molar refractivity (Wildman–Crippen MR) is 103 cm³/mol. The smallest absolute Gasteiger partial charge is 0.231 e. The summed E-state index contributed by atoms with van der Waals surface area (Å²) in [6.07, 6.45) is 0. The lowest BCUT2D eigenvalue weighted by atomic mass is 10.1. The number of aromatic nitrogens is 2. The van der Waals surface area contributed by atoms with Crippen LogP contribution in [0.4, 0.5) is 17.5 Å². The Morgan fingerprint density at radius 2 is 1.85 bits per heavy atom. The van der Waals surface area contributed by atoms with E-state index in [4.69, 9.17) is 16.3 Å². The van der Waals surface area contributed by atoms with Crippen LogP contribution in [0.5, 0.6) is 5.75 Å². The number of hydrogen-bond acceptors (Lipinski definition) is 5. The molecular formula is C19H17ClN4O2.